The number of hydrogen-bond donors (Lipinski definition) is 9. The number of para-hydroxylation sites is 4. The molecule has 8 aromatic rings. The van der Waals surface area contributed by atoms with Gasteiger partial charge in [-0.05, 0) is 125 Å². The van der Waals surface area contributed by atoms with E-state index in [4.69, 9.17) is 14.7 Å². The molecule has 0 spiro atoms. The summed E-state index contributed by atoms with van der Waals surface area (Å²) in [5.74, 6) is -2.57. The number of rotatable bonds is 23. The van der Waals surface area contributed by atoms with Gasteiger partial charge >= 0.3 is 5.97 Å². The molecule has 4 aromatic heterocycles. The van der Waals surface area contributed by atoms with Crippen LogP contribution in [0.15, 0.2) is 128 Å². The Kier molecular flexibility index (Phi) is 22.8. The fourth-order valence-electron chi connectivity index (χ4n) is 17.2. The molecule has 21 heteroatoms. The Morgan fingerprint density at radius 2 is 0.829 bits per heavy atom. The maximum atomic E-state index is 16.1. The van der Waals surface area contributed by atoms with Crippen LogP contribution in [0, 0.1) is 21.7 Å². The predicted molar refractivity (Wildman–Crippen MR) is 437 cm³/mol. The van der Waals surface area contributed by atoms with Crippen LogP contribution in [0.2, 0.25) is 0 Å². The smallest absolute Gasteiger partial charge is 0.328 e. The molecule has 574 valence electrons. The number of amides is 6. The van der Waals surface area contributed by atoms with Gasteiger partial charge in [-0.2, -0.15) is 0 Å². The van der Waals surface area contributed by atoms with Crippen molar-refractivity contribution in [1.29, 1.82) is 0 Å². The lowest BCUT2D eigenvalue weighted by molar-refractivity contribution is -0.145. The maximum Gasteiger partial charge on any atom is 0.328 e. The lowest BCUT2D eigenvalue weighted by Gasteiger charge is -2.32. The summed E-state index contributed by atoms with van der Waals surface area (Å²) in [5.41, 5.74) is 9.08. The van der Waals surface area contributed by atoms with E-state index in [1.807, 2.05) is 154 Å². The molecule has 6 heterocycles. The zero-order valence-electron chi connectivity index (χ0n) is 64.2. The molecular weight excluding hydrogens is 1390 g/mol. The SMILES string of the molecule is COC(=O)[C@H](Cc1cnc[nH]1)NC(=O)CNC(=O)CCCC(=O)c1cc2[nH]c1c(-c1ccccc1NC(=O)C1(C)CCCCC1)c1nc(c(-c3ccccc3NC(=O)C3(C)CCCCC3)c3ccc([nH]3)c(-c3ccccc3NC(=O)C3(C)CCCCC3)c3nc(c2-c2ccccc2NC(=O)C2(C)CCCCC2)C=C3)C=C1. The van der Waals surface area contributed by atoms with Crippen molar-refractivity contribution in [3.8, 4) is 44.5 Å². The number of carbonyl (C=O) groups is 8. The number of anilines is 4. The fraction of sp³-hybridized carbons (Fsp3) is 0.389. The summed E-state index contributed by atoms with van der Waals surface area (Å²) in [6.45, 7) is 7.69. The van der Waals surface area contributed by atoms with E-state index in [-0.39, 0.29) is 60.7 Å². The number of imidazole rings is 1. The van der Waals surface area contributed by atoms with Crippen molar-refractivity contribution in [2.75, 3.05) is 34.9 Å². The molecule has 0 unspecified atom stereocenters. The van der Waals surface area contributed by atoms with Crippen molar-refractivity contribution in [1.82, 2.24) is 40.5 Å². The van der Waals surface area contributed by atoms with Crippen LogP contribution in [0.25, 0.3) is 90.9 Å². The van der Waals surface area contributed by atoms with E-state index in [2.05, 4.69) is 58.8 Å². The van der Waals surface area contributed by atoms with Gasteiger partial charge in [-0.1, -0.05) is 178 Å². The summed E-state index contributed by atoms with van der Waals surface area (Å²) in [7, 11) is 1.22. The Balaban J connectivity index is 1.01. The van der Waals surface area contributed by atoms with Crippen molar-refractivity contribution < 1.29 is 43.1 Å². The van der Waals surface area contributed by atoms with E-state index in [0.717, 1.165) is 116 Å². The Bertz CT molecular complexity index is 5150. The molecule has 2 aliphatic heterocycles. The zero-order chi connectivity index (χ0) is 77.4. The van der Waals surface area contributed by atoms with Gasteiger partial charge in [0.15, 0.2) is 5.78 Å². The first kappa shape index (κ1) is 76.4. The number of ketones is 1. The number of nitrogens with one attached hydrogen (secondary N) is 9. The summed E-state index contributed by atoms with van der Waals surface area (Å²) in [6, 6.07) is 35.4. The van der Waals surface area contributed by atoms with Crippen molar-refractivity contribution in [3.05, 3.63) is 162 Å². The summed E-state index contributed by atoms with van der Waals surface area (Å²) in [4.78, 5) is 142. The normalized spacial score (nSPS) is 17.0. The average Bonchev–Trinajstić information content (AvgIpc) is 1.61. The molecule has 4 saturated carbocycles. The highest BCUT2D eigenvalue weighted by atomic mass is 16.5. The Morgan fingerprint density at radius 3 is 1.22 bits per heavy atom. The second-order valence-corrected chi connectivity index (χ2v) is 32.2. The van der Waals surface area contributed by atoms with Crippen molar-refractivity contribution >= 4 is 116 Å². The lowest BCUT2D eigenvalue weighted by Crippen LogP contribution is -2.47. The number of ether oxygens (including phenoxy) is 1. The lowest BCUT2D eigenvalue weighted by atomic mass is 9.75. The minimum atomic E-state index is -1.06. The topological polar surface area (TPSA) is 304 Å². The van der Waals surface area contributed by atoms with Crippen LogP contribution in [0.1, 0.15) is 214 Å². The molecule has 0 radical (unpaired) electrons. The first-order valence-corrected chi connectivity index (χ1v) is 39.7. The predicted octanol–water partition coefficient (Wildman–Crippen LogP) is 18.1. The molecule has 4 aromatic carbocycles. The van der Waals surface area contributed by atoms with Crippen LogP contribution in [-0.2, 0) is 44.7 Å². The maximum absolute atomic E-state index is 16.1. The number of fused-ring (bicyclic) bond motifs is 8. The standard InChI is InChI=1S/C90H100N12O9/c1-87(43-18-6-19-44-87)83(107)99-62-31-14-10-27-57(62)77-66-37-38-67(94-66)78(58-28-11-15-32-63(58)100-84(108)88(2)45-20-7-21-46-88)69-41-42-71(96-69)80(60-30-13-17-34-65(60)102-86(110)90(4)49-24-9-25-50-90)81-61(74(103)35-26-36-75(104)92-54-76(105)97-73(82(106)111-5)51-56-53-91-55-93-56)52-72(98-81)79(70-40-39-68(77)95-70)59-29-12-16-33-64(59)101-85(109)89(3)47-22-8-23-48-89/h10-17,27-34,37-42,52-53,55,73,94,98H,6-9,18-26,35-36,43-51,54H2,1-5H3,(H,91,93)(H,92,104)(H,97,105)(H,99,107)(H,100,108)(H,101,109)(H,102,110)/t73-/m0/s1. The third-order valence-corrected chi connectivity index (χ3v) is 24.0. The summed E-state index contributed by atoms with van der Waals surface area (Å²) >= 11 is 0. The fourth-order valence-corrected chi connectivity index (χ4v) is 17.2. The van der Waals surface area contributed by atoms with E-state index in [1.165, 1.54) is 19.6 Å². The van der Waals surface area contributed by atoms with E-state index >= 15 is 9.59 Å². The van der Waals surface area contributed by atoms with Gasteiger partial charge in [0, 0.05) is 142 Å². The minimum absolute atomic E-state index is 0.0410. The molecule has 9 N–H and O–H groups in total. The van der Waals surface area contributed by atoms with Crippen molar-refractivity contribution in [2.24, 2.45) is 21.7 Å². The van der Waals surface area contributed by atoms with E-state index in [9.17, 15) is 28.8 Å². The average molecular weight is 1490 g/mol. The third-order valence-electron chi connectivity index (χ3n) is 24.0. The number of H-pyrrole nitrogens is 3. The summed E-state index contributed by atoms with van der Waals surface area (Å²) in [5, 5.41) is 18.9. The molecule has 6 amide bonds. The Hall–Kier alpha value is -11.4. The highest BCUT2D eigenvalue weighted by molar-refractivity contribution is 6.14. The van der Waals surface area contributed by atoms with Gasteiger partial charge in [0.1, 0.15) is 6.04 Å². The van der Waals surface area contributed by atoms with Gasteiger partial charge in [-0.3, -0.25) is 33.6 Å². The number of methoxy groups -OCH3 is 1. The van der Waals surface area contributed by atoms with Gasteiger partial charge in [0.2, 0.25) is 35.4 Å². The molecule has 0 saturated heterocycles. The van der Waals surface area contributed by atoms with Gasteiger partial charge in [0.25, 0.3) is 0 Å². The Labute approximate surface area is 647 Å². The van der Waals surface area contributed by atoms with Crippen LogP contribution in [0.4, 0.5) is 22.7 Å². The quantitative estimate of drug-likeness (QED) is 0.0213. The highest BCUT2D eigenvalue weighted by Gasteiger charge is 2.40. The number of esters is 1. The largest absolute Gasteiger partial charge is 0.467 e. The summed E-state index contributed by atoms with van der Waals surface area (Å²) < 4.78 is 4.97. The molecule has 14 rings (SSSR count). The first-order valence-electron chi connectivity index (χ1n) is 39.7. The third kappa shape index (κ3) is 16.6. The second kappa shape index (κ2) is 33.1. The summed E-state index contributed by atoms with van der Waals surface area (Å²) in [6.07, 6.45) is 28.0. The van der Waals surface area contributed by atoms with Gasteiger partial charge in [-0.15, -0.1) is 0 Å². The molecular formula is C90H100N12O9. The van der Waals surface area contributed by atoms with E-state index in [1.54, 1.807) is 6.07 Å². The number of aromatic amines is 3. The number of hydrogen-bond acceptors (Lipinski definition) is 12. The minimum Gasteiger partial charge on any atom is -0.467 e. The second-order valence-electron chi connectivity index (χ2n) is 32.2. The number of carbonyl (C=O) groups excluding carboxylic acids is 8. The Morgan fingerprint density at radius 1 is 0.450 bits per heavy atom. The van der Waals surface area contributed by atoms with Gasteiger partial charge < -0.3 is 51.6 Å². The number of aromatic nitrogens is 6. The van der Waals surface area contributed by atoms with Crippen LogP contribution in [-0.4, -0.2) is 96.8 Å². The van der Waals surface area contributed by atoms with Crippen molar-refractivity contribution in [3.63, 3.8) is 0 Å². The molecule has 6 aliphatic rings. The molecule has 21 nitrogen and oxygen atoms in total. The monoisotopic (exact) mass is 1490 g/mol. The molecule has 1 atom stereocenters. The zero-order valence-corrected chi connectivity index (χ0v) is 64.2. The molecule has 4 fully saturated rings. The van der Waals surface area contributed by atoms with Crippen LogP contribution >= 0.6 is 0 Å². The van der Waals surface area contributed by atoms with Gasteiger partial charge in [-0.25, -0.2) is 19.7 Å². The number of Topliss-reactive ketones (excluding diaryl/α,β-unsaturated/α-hetero) is 1. The van der Waals surface area contributed by atoms with E-state index < -0.39 is 52.0 Å². The first-order chi connectivity index (χ1) is 53.7. The number of nitrogens with zero attached hydrogens (tertiary/aromatic N) is 3. The van der Waals surface area contributed by atoms with Gasteiger partial charge in [0.05, 0.1) is 48.3 Å². The molecule has 8 bridgehead atoms. The van der Waals surface area contributed by atoms with Crippen LogP contribution in [0.3, 0.4) is 0 Å². The molecule has 111 heavy (non-hydrogen) atoms. The van der Waals surface area contributed by atoms with Crippen molar-refractivity contribution in [2.45, 2.75) is 188 Å². The number of benzene rings is 4. The van der Waals surface area contributed by atoms with Crippen LogP contribution < -0.4 is 31.9 Å². The highest BCUT2D eigenvalue weighted by Crippen LogP contribution is 2.48. The van der Waals surface area contributed by atoms with E-state index in [0.29, 0.717) is 131 Å². The van der Waals surface area contributed by atoms with Crippen LogP contribution in [0.5, 0.6) is 0 Å². The molecule has 4 aliphatic carbocycles.